The van der Waals surface area contributed by atoms with Crippen LogP contribution in [0.25, 0.3) is 0 Å². The van der Waals surface area contributed by atoms with E-state index >= 15 is 0 Å². The van der Waals surface area contributed by atoms with Crippen molar-refractivity contribution in [2.75, 3.05) is 27.4 Å². The van der Waals surface area contributed by atoms with Crippen LogP contribution in [0.2, 0.25) is 0 Å². The van der Waals surface area contributed by atoms with Gasteiger partial charge in [-0.25, -0.2) is 4.79 Å². The number of β-lactam (4-membered cyclic amide) rings is 1. The number of nitrogens with one attached hydrogen (secondary N) is 1. The van der Waals surface area contributed by atoms with Gasteiger partial charge in [-0.1, -0.05) is 18.2 Å². The summed E-state index contributed by atoms with van der Waals surface area (Å²) in [5.74, 6) is -0.624. The standard InChI is InChI=1S/C18H22N2O6S/c1-18(10-24-2)14(17(23)25-3)20-15(22)13(16(20)27-18)19-12(21)9-26-11-7-5-4-6-8-11/h4-8,13-14,16H,9-10H2,1-3H3,(H,19,21)/t13?,14?,16-,18?/m1/s1. The first-order valence-electron chi connectivity index (χ1n) is 8.45. The van der Waals surface area contributed by atoms with Crippen molar-refractivity contribution in [3.05, 3.63) is 30.3 Å². The molecule has 0 saturated carbocycles. The van der Waals surface area contributed by atoms with Crippen LogP contribution < -0.4 is 10.1 Å². The van der Waals surface area contributed by atoms with E-state index in [2.05, 4.69) is 5.32 Å². The highest BCUT2D eigenvalue weighted by Gasteiger charge is 2.66. The molecule has 2 saturated heterocycles. The van der Waals surface area contributed by atoms with E-state index in [-0.39, 0.29) is 24.5 Å². The molecule has 1 aromatic rings. The number of rotatable bonds is 7. The summed E-state index contributed by atoms with van der Waals surface area (Å²) in [6, 6.07) is 7.49. The number of carbonyl (C=O) groups is 3. The molecule has 1 aromatic carbocycles. The van der Waals surface area contributed by atoms with Crippen LogP contribution in [-0.2, 0) is 23.9 Å². The first kappa shape index (κ1) is 19.5. The van der Waals surface area contributed by atoms with E-state index in [1.165, 1.54) is 30.9 Å². The second-order valence-corrected chi connectivity index (χ2v) is 8.22. The molecule has 0 radical (unpaired) electrons. The number of nitrogens with zero attached hydrogens (tertiary/aromatic N) is 1. The maximum absolute atomic E-state index is 12.6. The van der Waals surface area contributed by atoms with Gasteiger partial charge >= 0.3 is 5.97 Å². The summed E-state index contributed by atoms with van der Waals surface area (Å²) in [5.41, 5.74) is 0. The maximum Gasteiger partial charge on any atom is 0.330 e. The fourth-order valence-electron chi connectivity index (χ4n) is 3.41. The Labute approximate surface area is 161 Å². The number of para-hydroxylation sites is 1. The molecule has 2 aliphatic rings. The second kappa shape index (κ2) is 7.77. The highest BCUT2D eigenvalue weighted by molar-refractivity contribution is 8.01. The number of carbonyl (C=O) groups excluding carboxylic acids is 3. The number of hydrogen-bond donors (Lipinski definition) is 1. The number of fused-ring (bicyclic) bond motifs is 1. The Kier molecular flexibility index (Phi) is 5.61. The minimum Gasteiger partial charge on any atom is -0.484 e. The zero-order valence-electron chi connectivity index (χ0n) is 15.3. The minimum absolute atomic E-state index is 0.194. The smallest absolute Gasteiger partial charge is 0.330 e. The molecule has 2 heterocycles. The molecule has 3 unspecified atom stereocenters. The summed E-state index contributed by atoms with van der Waals surface area (Å²) < 4.78 is 14.9. The van der Waals surface area contributed by atoms with E-state index in [0.29, 0.717) is 5.75 Å². The molecule has 27 heavy (non-hydrogen) atoms. The van der Waals surface area contributed by atoms with Gasteiger partial charge in [0, 0.05) is 7.11 Å². The van der Waals surface area contributed by atoms with Gasteiger partial charge in [-0.05, 0) is 19.1 Å². The Balaban J connectivity index is 1.64. The van der Waals surface area contributed by atoms with Crippen molar-refractivity contribution in [2.45, 2.75) is 29.1 Å². The third kappa shape index (κ3) is 3.61. The maximum atomic E-state index is 12.6. The summed E-state index contributed by atoms with van der Waals surface area (Å²) in [6.45, 7) is 1.93. The van der Waals surface area contributed by atoms with Crippen LogP contribution in [0.4, 0.5) is 0 Å². The lowest BCUT2D eigenvalue weighted by Gasteiger charge is -2.43. The first-order chi connectivity index (χ1) is 12.9. The van der Waals surface area contributed by atoms with E-state index in [1.54, 1.807) is 24.3 Å². The number of hydrogen-bond acceptors (Lipinski definition) is 7. The van der Waals surface area contributed by atoms with E-state index in [9.17, 15) is 14.4 Å². The monoisotopic (exact) mass is 394 g/mol. The molecule has 3 rings (SSSR count). The van der Waals surface area contributed by atoms with Crippen molar-refractivity contribution >= 4 is 29.5 Å². The van der Waals surface area contributed by atoms with Crippen LogP contribution in [-0.4, -0.2) is 72.3 Å². The van der Waals surface area contributed by atoms with Gasteiger partial charge in [-0.3, -0.25) is 9.59 Å². The molecule has 0 bridgehead atoms. The number of amides is 2. The molecule has 2 amide bonds. The van der Waals surface area contributed by atoms with E-state index in [4.69, 9.17) is 14.2 Å². The van der Waals surface area contributed by atoms with Gasteiger partial charge in [0.25, 0.3) is 5.91 Å². The fourth-order valence-corrected chi connectivity index (χ4v) is 5.14. The van der Waals surface area contributed by atoms with Crippen molar-refractivity contribution in [1.29, 1.82) is 0 Å². The zero-order chi connectivity index (χ0) is 19.6. The van der Waals surface area contributed by atoms with Gasteiger partial charge in [-0.2, -0.15) is 0 Å². The zero-order valence-corrected chi connectivity index (χ0v) is 16.2. The van der Waals surface area contributed by atoms with Crippen molar-refractivity contribution in [3.8, 4) is 5.75 Å². The number of methoxy groups -OCH3 is 2. The molecule has 4 atom stereocenters. The topological polar surface area (TPSA) is 94.2 Å². The fraction of sp³-hybridized carbons (Fsp3) is 0.500. The van der Waals surface area contributed by atoms with Crippen molar-refractivity contribution in [1.82, 2.24) is 10.2 Å². The molecule has 8 nitrogen and oxygen atoms in total. The number of ether oxygens (including phenoxy) is 3. The molecule has 146 valence electrons. The van der Waals surface area contributed by atoms with Crippen LogP contribution in [0.1, 0.15) is 6.92 Å². The molecule has 2 fully saturated rings. The molecule has 9 heteroatoms. The van der Waals surface area contributed by atoms with E-state index in [0.717, 1.165) is 0 Å². The third-order valence-corrected chi connectivity index (χ3v) is 6.23. The summed E-state index contributed by atoms with van der Waals surface area (Å²) in [6.07, 6.45) is 0. The van der Waals surface area contributed by atoms with Crippen LogP contribution in [0, 0.1) is 0 Å². The van der Waals surface area contributed by atoms with Crippen LogP contribution in [0.3, 0.4) is 0 Å². The third-order valence-electron chi connectivity index (χ3n) is 4.61. The van der Waals surface area contributed by atoms with Crippen LogP contribution >= 0.6 is 11.8 Å². The van der Waals surface area contributed by atoms with Gasteiger partial charge in [0.1, 0.15) is 23.2 Å². The lowest BCUT2D eigenvalue weighted by Crippen LogP contribution is -2.71. The largest absolute Gasteiger partial charge is 0.484 e. The normalized spacial score (nSPS) is 28.9. The molecule has 1 N–H and O–H groups in total. The number of benzene rings is 1. The predicted octanol–water partition coefficient (Wildman–Crippen LogP) is 0.412. The Bertz CT molecular complexity index is 730. The highest BCUT2D eigenvalue weighted by Crippen LogP contribution is 2.51. The molecular weight excluding hydrogens is 372 g/mol. The van der Waals surface area contributed by atoms with E-state index < -0.39 is 28.7 Å². The van der Waals surface area contributed by atoms with Gasteiger partial charge in [0.05, 0.1) is 18.5 Å². The summed E-state index contributed by atoms with van der Waals surface area (Å²) in [5, 5.41) is 2.35. The average Bonchev–Trinajstić information content (AvgIpc) is 2.94. The highest BCUT2D eigenvalue weighted by atomic mass is 32.2. The van der Waals surface area contributed by atoms with Gasteiger partial charge in [0.15, 0.2) is 6.61 Å². The number of esters is 1. The lowest BCUT2D eigenvalue weighted by atomic mass is 9.95. The molecule has 0 aromatic heterocycles. The Morgan fingerprint density at radius 3 is 2.59 bits per heavy atom. The number of thioether (sulfide) groups is 1. The molecule has 0 spiro atoms. The Morgan fingerprint density at radius 1 is 1.26 bits per heavy atom. The summed E-state index contributed by atoms with van der Waals surface area (Å²) >= 11 is 1.43. The van der Waals surface area contributed by atoms with Crippen molar-refractivity contribution < 1.29 is 28.6 Å². The minimum atomic E-state index is -0.751. The quantitative estimate of drug-likeness (QED) is 0.529. The first-order valence-corrected chi connectivity index (χ1v) is 9.33. The van der Waals surface area contributed by atoms with Crippen LogP contribution in [0.5, 0.6) is 5.75 Å². The lowest BCUT2D eigenvalue weighted by molar-refractivity contribution is -0.163. The molecular formula is C18H22N2O6S. The van der Waals surface area contributed by atoms with Gasteiger partial charge < -0.3 is 24.4 Å². The predicted molar refractivity (Wildman–Crippen MR) is 98.2 cm³/mol. The summed E-state index contributed by atoms with van der Waals surface area (Å²) in [4.78, 5) is 38.5. The van der Waals surface area contributed by atoms with E-state index in [1.807, 2.05) is 13.0 Å². The summed E-state index contributed by atoms with van der Waals surface area (Å²) in [7, 11) is 2.83. The SMILES string of the molecule is COCC1(C)S[C@@H]2C(NC(=O)COc3ccccc3)C(=O)N2C1C(=O)OC. The Morgan fingerprint density at radius 2 is 1.96 bits per heavy atom. The molecule has 2 aliphatic heterocycles. The van der Waals surface area contributed by atoms with Crippen LogP contribution in [0.15, 0.2) is 30.3 Å². The second-order valence-electron chi connectivity index (χ2n) is 6.57. The average molecular weight is 394 g/mol. The van der Waals surface area contributed by atoms with Gasteiger partial charge in [0.2, 0.25) is 5.91 Å². The van der Waals surface area contributed by atoms with Crippen molar-refractivity contribution in [2.24, 2.45) is 0 Å². The van der Waals surface area contributed by atoms with Gasteiger partial charge in [-0.15, -0.1) is 11.8 Å². The molecule has 0 aliphatic carbocycles. The Hall–Kier alpha value is -2.26. The van der Waals surface area contributed by atoms with Crippen molar-refractivity contribution in [3.63, 3.8) is 0 Å².